The van der Waals surface area contributed by atoms with Gasteiger partial charge < -0.3 is 15.3 Å². The first-order valence-electron chi connectivity index (χ1n) is 20.2. The van der Waals surface area contributed by atoms with Crippen LogP contribution in [0.15, 0.2) is 108 Å². The lowest BCUT2D eigenvalue weighted by Gasteiger charge is -2.25. The van der Waals surface area contributed by atoms with E-state index in [2.05, 4.69) is 58.3 Å². The minimum Gasteiger partial charge on any atom is -0.481 e. The molecule has 6 aromatic rings. The molecule has 4 N–H and O–H groups in total. The number of nitrogens with one attached hydrogen (secondary N) is 3. The van der Waals surface area contributed by atoms with Crippen molar-refractivity contribution in [3.63, 3.8) is 0 Å². The number of carboxylic acids is 1. The normalized spacial score (nSPS) is 24.8. The maximum atomic E-state index is 12.9. The van der Waals surface area contributed by atoms with E-state index >= 15 is 0 Å². The molecule has 2 aliphatic carbocycles. The summed E-state index contributed by atoms with van der Waals surface area (Å²) in [4.78, 5) is 25.5. The van der Waals surface area contributed by atoms with E-state index in [1.165, 1.54) is 21.9 Å². The predicted octanol–water partition coefficient (Wildman–Crippen LogP) is 7.55. The van der Waals surface area contributed by atoms with Crippen LogP contribution in [0, 0.1) is 23.7 Å². The summed E-state index contributed by atoms with van der Waals surface area (Å²) in [6.07, 6.45) is 2.91. The van der Waals surface area contributed by atoms with Gasteiger partial charge in [-0.05, 0) is 117 Å². The van der Waals surface area contributed by atoms with Crippen molar-refractivity contribution >= 4 is 86.1 Å². The van der Waals surface area contributed by atoms with Crippen LogP contribution in [0.2, 0.25) is 0 Å². The number of aliphatic carboxylic acids is 1. The molecular formula is C46H50N4O7S4. The van der Waals surface area contributed by atoms with Gasteiger partial charge in [-0.3, -0.25) is 19.0 Å². The fraction of sp³-hybridized carbons (Fsp3) is 0.348. The molecule has 4 fully saturated rings. The highest BCUT2D eigenvalue weighted by molar-refractivity contribution is 7.92. The highest BCUT2D eigenvalue weighted by atomic mass is 32.2. The molecule has 0 bridgehead atoms. The molecule has 4 unspecified atom stereocenters. The fourth-order valence-corrected chi connectivity index (χ4v) is 12.8. The van der Waals surface area contributed by atoms with Crippen LogP contribution in [-0.2, 0) is 53.3 Å². The lowest BCUT2D eigenvalue weighted by Crippen LogP contribution is -2.35. The number of hydrogen-bond acceptors (Lipinski definition) is 9. The molecule has 0 spiro atoms. The third-order valence-electron chi connectivity index (χ3n) is 13.1. The van der Waals surface area contributed by atoms with Gasteiger partial charge >= 0.3 is 5.97 Å². The van der Waals surface area contributed by atoms with Crippen LogP contribution in [0.5, 0.6) is 0 Å². The molecular weight excluding hydrogens is 849 g/mol. The topological polar surface area (TPSA) is 162 Å². The number of fused-ring (bicyclic) bond motifs is 4. The maximum absolute atomic E-state index is 12.9. The number of amides is 1. The number of carbonyl (C=O) groups is 2. The number of likely N-dealkylation sites (tertiary alicyclic amines) is 1. The first-order valence-corrected chi connectivity index (χ1v) is 25.8. The Morgan fingerprint density at radius 1 is 0.672 bits per heavy atom. The SMILES string of the molecule is CC1(c2cccc(NS(C)(=O)=O)c2)C2CN(C(=O)Cc3csc4ccccc34)CC21.CC1(c2cccc(NS(C)(=O)=O)c2)C2CNCC21.O=C(O)Cc1csc2ccccc12. The Morgan fingerprint density at radius 2 is 1.11 bits per heavy atom. The maximum Gasteiger partial charge on any atom is 0.307 e. The summed E-state index contributed by atoms with van der Waals surface area (Å²) < 4.78 is 53.1. The van der Waals surface area contributed by atoms with E-state index in [1.54, 1.807) is 34.8 Å². The van der Waals surface area contributed by atoms with Crippen LogP contribution < -0.4 is 14.8 Å². The number of hydrogen-bond donors (Lipinski definition) is 4. The van der Waals surface area contributed by atoms with E-state index in [-0.39, 0.29) is 23.2 Å². The van der Waals surface area contributed by atoms with E-state index in [4.69, 9.17) is 5.11 Å². The van der Waals surface area contributed by atoms with Crippen LogP contribution >= 0.6 is 22.7 Å². The van der Waals surface area contributed by atoms with E-state index in [0.29, 0.717) is 41.5 Å². The molecule has 11 nitrogen and oxygen atoms in total. The largest absolute Gasteiger partial charge is 0.481 e. The molecule has 2 saturated heterocycles. The van der Waals surface area contributed by atoms with E-state index in [1.807, 2.05) is 70.9 Å². The monoisotopic (exact) mass is 898 g/mol. The number of carboxylic acid groups (broad SMARTS) is 1. The van der Waals surface area contributed by atoms with Gasteiger partial charge in [0.1, 0.15) is 0 Å². The smallest absolute Gasteiger partial charge is 0.307 e. The Balaban J connectivity index is 0.000000140. The van der Waals surface area contributed by atoms with Crippen molar-refractivity contribution in [3.05, 3.63) is 130 Å². The summed E-state index contributed by atoms with van der Waals surface area (Å²) in [5, 5.41) is 18.3. The lowest BCUT2D eigenvalue weighted by atomic mass is 9.92. The fourth-order valence-electron chi connectivity index (χ4n) is 9.78. The highest BCUT2D eigenvalue weighted by Gasteiger charge is 2.66. The van der Waals surface area contributed by atoms with Crippen molar-refractivity contribution in [1.29, 1.82) is 0 Å². The molecule has 320 valence electrons. The van der Waals surface area contributed by atoms with Gasteiger partial charge in [-0.1, -0.05) is 74.5 Å². The zero-order chi connectivity index (χ0) is 43.3. The Hall–Kier alpha value is -4.80. The van der Waals surface area contributed by atoms with Crippen LogP contribution in [0.3, 0.4) is 0 Å². The lowest BCUT2D eigenvalue weighted by molar-refractivity contribution is -0.136. The molecule has 2 aliphatic heterocycles. The van der Waals surface area contributed by atoms with E-state index in [9.17, 15) is 26.4 Å². The molecule has 4 heterocycles. The molecule has 4 aromatic carbocycles. The molecule has 61 heavy (non-hydrogen) atoms. The summed E-state index contributed by atoms with van der Waals surface area (Å²) in [5.41, 5.74) is 5.89. The summed E-state index contributed by atoms with van der Waals surface area (Å²) in [7, 11) is -6.50. The van der Waals surface area contributed by atoms with Crippen molar-refractivity contribution in [2.45, 2.75) is 37.5 Å². The van der Waals surface area contributed by atoms with Gasteiger partial charge in [0.25, 0.3) is 0 Å². The molecule has 4 atom stereocenters. The van der Waals surface area contributed by atoms with Gasteiger partial charge in [0.15, 0.2) is 0 Å². The Kier molecular flexibility index (Phi) is 11.6. The number of anilines is 2. The van der Waals surface area contributed by atoms with Crippen molar-refractivity contribution < 1.29 is 31.5 Å². The minimum absolute atomic E-state index is 0.00104. The number of rotatable bonds is 10. The third-order valence-corrected chi connectivity index (χ3v) is 16.4. The number of thiophene rings is 2. The molecule has 0 radical (unpaired) electrons. The Morgan fingerprint density at radius 3 is 1.57 bits per heavy atom. The minimum atomic E-state index is -3.30. The number of piperidine rings is 2. The second-order valence-electron chi connectivity index (χ2n) is 17.1. The predicted molar refractivity (Wildman–Crippen MR) is 247 cm³/mol. The van der Waals surface area contributed by atoms with Crippen LogP contribution in [0.25, 0.3) is 20.2 Å². The Bertz CT molecular complexity index is 2830. The molecule has 10 rings (SSSR count). The highest BCUT2D eigenvalue weighted by Crippen LogP contribution is 2.64. The van der Waals surface area contributed by atoms with Crippen molar-refractivity contribution in [1.82, 2.24) is 10.2 Å². The summed E-state index contributed by atoms with van der Waals surface area (Å²) in [6, 6.07) is 31.6. The van der Waals surface area contributed by atoms with Gasteiger partial charge in [0, 0.05) is 44.7 Å². The first kappa shape index (κ1) is 42.9. The summed E-state index contributed by atoms with van der Waals surface area (Å²) in [6.45, 7) is 8.20. The standard InChI is InChI=1S/C23H24N2O3S2.C13H18N2O2S.C10H8O2S/c1-23(16-6-5-7-17(11-16)24-30(2,27)28)19-12-25(13-20(19)23)22(26)10-15-14-29-21-9-4-3-8-18(15)21;1-13(11-7-14-8-12(11)13)9-4-3-5-10(6-9)15-18(2,16)17;11-10(12)5-7-6-13-9-4-2-1-3-8(7)9/h3-9,11,14,19-20,24H,10,12-13H2,1-2H3;3-6,11-12,14-15H,7-8H2,1-2H3;1-4,6H,5H2,(H,11,12). The average molecular weight is 899 g/mol. The number of sulfonamides is 2. The first-order chi connectivity index (χ1) is 28.9. The van der Waals surface area contributed by atoms with E-state index < -0.39 is 26.0 Å². The molecule has 15 heteroatoms. The molecule has 1 amide bonds. The van der Waals surface area contributed by atoms with E-state index in [0.717, 1.165) is 59.2 Å². The zero-order valence-corrected chi connectivity index (χ0v) is 37.7. The Labute approximate surface area is 365 Å². The third kappa shape index (κ3) is 9.08. The number of benzene rings is 4. The van der Waals surface area contributed by atoms with Crippen molar-refractivity contribution in [3.8, 4) is 0 Å². The number of nitrogens with zero attached hydrogens (tertiary/aromatic N) is 1. The molecule has 2 saturated carbocycles. The van der Waals surface area contributed by atoms with Gasteiger partial charge in [-0.15, -0.1) is 22.7 Å². The van der Waals surface area contributed by atoms with Gasteiger partial charge in [-0.2, -0.15) is 0 Å². The number of carbonyl (C=O) groups excluding carboxylic acids is 1. The molecule has 4 aliphatic rings. The zero-order valence-electron chi connectivity index (χ0n) is 34.4. The van der Waals surface area contributed by atoms with Gasteiger partial charge in [0.05, 0.1) is 25.4 Å². The van der Waals surface area contributed by atoms with Gasteiger partial charge in [0.2, 0.25) is 26.0 Å². The second-order valence-corrected chi connectivity index (χ2v) is 22.4. The van der Waals surface area contributed by atoms with Crippen LogP contribution in [0.1, 0.15) is 36.1 Å². The van der Waals surface area contributed by atoms with Crippen molar-refractivity contribution in [2.24, 2.45) is 23.7 Å². The van der Waals surface area contributed by atoms with Crippen LogP contribution in [0.4, 0.5) is 11.4 Å². The van der Waals surface area contributed by atoms with Gasteiger partial charge in [-0.25, -0.2) is 16.8 Å². The van der Waals surface area contributed by atoms with Crippen molar-refractivity contribution in [2.75, 3.05) is 48.1 Å². The average Bonchev–Trinajstić information content (AvgIpc) is 3.70. The summed E-state index contributed by atoms with van der Waals surface area (Å²) in [5.74, 6) is 1.67. The van der Waals surface area contributed by atoms with Crippen LogP contribution in [-0.4, -0.2) is 77.4 Å². The quantitative estimate of drug-likeness (QED) is 0.110. The summed E-state index contributed by atoms with van der Waals surface area (Å²) >= 11 is 3.28. The molecule has 2 aromatic heterocycles. The second kappa shape index (κ2) is 16.5.